The molecule has 64 valence electrons. The summed E-state index contributed by atoms with van der Waals surface area (Å²) in [6.45, 7) is 3.69. The van der Waals surface area contributed by atoms with Crippen molar-refractivity contribution in [3.8, 4) is 0 Å². The van der Waals surface area contributed by atoms with Crippen molar-refractivity contribution in [1.29, 1.82) is 0 Å². The van der Waals surface area contributed by atoms with Crippen molar-refractivity contribution in [3.63, 3.8) is 0 Å². The highest BCUT2D eigenvalue weighted by atomic mass is 15.2. The van der Waals surface area contributed by atoms with Gasteiger partial charge in [0.15, 0.2) is 0 Å². The van der Waals surface area contributed by atoms with Crippen LogP contribution in [0.5, 0.6) is 0 Å². The Hall–Kier alpha value is -0.0800. The fourth-order valence-corrected chi connectivity index (χ4v) is 2.09. The van der Waals surface area contributed by atoms with Gasteiger partial charge in [-0.3, -0.25) is 0 Å². The maximum atomic E-state index is 3.61. The first-order chi connectivity index (χ1) is 5.36. The molecule has 0 aromatic carbocycles. The second kappa shape index (κ2) is 3.11. The Morgan fingerprint density at radius 3 is 2.73 bits per heavy atom. The predicted molar refractivity (Wildman–Crippen MR) is 46.6 cm³/mol. The smallest absolute Gasteiger partial charge is 0.0223 e. The van der Waals surface area contributed by atoms with Crippen molar-refractivity contribution in [1.82, 2.24) is 10.2 Å². The molecule has 2 nitrogen and oxygen atoms in total. The van der Waals surface area contributed by atoms with Gasteiger partial charge in [0, 0.05) is 25.7 Å². The third kappa shape index (κ3) is 1.57. The van der Waals surface area contributed by atoms with Crippen molar-refractivity contribution in [2.24, 2.45) is 5.92 Å². The molecular formula is C9H18N2. The second-order valence-corrected chi connectivity index (χ2v) is 4.01. The summed E-state index contributed by atoms with van der Waals surface area (Å²) in [5, 5.41) is 3.61. The van der Waals surface area contributed by atoms with E-state index in [2.05, 4.69) is 17.3 Å². The molecule has 1 saturated carbocycles. The maximum absolute atomic E-state index is 3.61. The highest BCUT2D eigenvalue weighted by Crippen LogP contribution is 2.30. The average molecular weight is 154 g/mol. The van der Waals surface area contributed by atoms with Gasteiger partial charge in [0.25, 0.3) is 0 Å². The maximum Gasteiger partial charge on any atom is 0.0223 e. The third-order valence-electron chi connectivity index (χ3n) is 3.13. The van der Waals surface area contributed by atoms with E-state index in [0.717, 1.165) is 12.0 Å². The molecule has 2 fully saturated rings. The lowest BCUT2D eigenvalue weighted by molar-refractivity contribution is 0.147. The normalized spacial score (nSPS) is 35.2. The first-order valence-electron chi connectivity index (χ1n) is 4.78. The lowest BCUT2D eigenvalue weighted by atomic mass is 9.79. The fourth-order valence-electron chi connectivity index (χ4n) is 2.09. The molecule has 1 heterocycles. The summed E-state index contributed by atoms with van der Waals surface area (Å²) in [7, 11) is 2.23. The number of nitrogens with zero attached hydrogens (tertiary/aromatic N) is 1. The lowest BCUT2D eigenvalue weighted by Gasteiger charge is -2.40. The number of hydrogen-bond donors (Lipinski definition) is 1. The number of nitrogens with one attached hydrogen (secondary N) is 1. The Kier molecular flexibility index (Phi) is 2.14. The van der Waals surface area contributed by atoms with E-state index >= 15 is 0 Å². The molecule has 0 spiro atoms. The van der Waals surface area contributed by atoms with Crippen LogP contribution in [0.3, 0.4) is 0 Å². The molecule has 0 aromatic heterocycles. The molecular weight excluding hydrogens is 136 g/mol. The molecule has 1 aliphatic heterocycles. The topological polar surface area (TPSA) is 15.3 Å². The highest BCUT2D eigenvalue weighted by Gasteiger charge is 2.29. The van der Waals surface area contributed by atoms with Gasteiger partial charge in [-0.05, 0) is 25.8 Å². The Morgan fingerprint density at radius 1 is 1.36 bits per heavy atom. The summed E-state index contributed by atoms with van der Waals surface area (Å²) in [6.07, 6.45) is 4.39. The van der Waals surface area contributed by atoms with Gasteiger partial charge < -0.3 is 10.2 Å². The Labute approximate surface area is 69.0 Å². The summed E-state index contributed by atoms with van der Waals surface area (Å²) in [4.78, 5) is 2.44. The van der Waals surface area contributed by atoms with E-state index in [1.54, 1.807) is 0 Å². The Bertz CT molecular complexity index is 132. The van der Waals surface area contributed by atoms with Gasteiger partial charge in [0.05, 0.1) is 0 Å². The van der Waals surface area contributed by atoms with Gasteiger partial charge in [-0.15, -0.1) is 0 Å². The van der Waals surface area contributed by atoms with E-state index in [9.17, 15) is 0 Å². The van der Waals surface area contributed by atoms with Gasteiger partial charge in [-0.2, -0.15) is 0 Å². The third-order valence-corrected chi connectivity index (χ3v) is 3.13. The van der Waals surface area contributed by atoms with Crippen molar-refractivity contribution >= 4 is 0 Å². The van der Waals surface area contributed by atoms with Crippen LogP contribution in [0.15, 0.2) is 0 Å². The van der Waals surface area contributed by atoms with E-state index in [4.69, 9.17) is 0 Å². The van der Waals surface area contributed by atoms with Crippen molar-refractivity contribution in [2.75, 3.05) is 26.7 Å². The quantitative estimate of drug-likeness (QED) is 0.598. The molecule has 11 heavy (non-hydrogen) atoms. The van der Waals surface area contributed by atoms with Crippen LogP contribution in [0.2, 0.25) is 0 Å². The predicted octanol–water partition coefficient (Wildman–Crippen LogP) is 0.690. The summed E-state index contributed by atoms with van der Waals surface area (Å²) in [5.41, 5.74) is 0. The van der Waals surface area contributed by atoms with Crippen LogP contribution in [0, 0.1) is 5.92 Å². The molecule has 1 saturated heterocycles. The van der Waals surface area contributed by atoms with Gasteiger partial charge in [0.2, 0.25) is 0 Å². The second-order valence-electron chi connectivity index (χ2n) is 4.01. The molecule has 0 radical (unpaired) electrons. The highest BCUT2D eigenvalue weighted by molar-refractivity contribution is 4.87. The number of likely N-dealkylation sites (N-methyl/N-ethyl adjacent to an activating group) is 1. The van der Waals surface area contributed by atoms with Crippen LogP contribution in [0.1, 0.15) is 19.3 Å². The van der Waals surface area contributed by atoms with Crippen LogP contribution < -0.4 is 5.32 Å². The first-order valence-corrected chi connectivity index (χ1v) is 4.78. The summed E-state index contributed by atoms with van der Waals surface area (Å²) < 4.78 is 0. The number of piperazine rings is 1. The van der Waals surface area contributed by atoms with Crippen molar-refractivity contribution in [3.05, 3.63) is 0 Å². The van der Waals surface area contributed by atoms with E-state index in [1.807, 2.05) is 0 Å². The van der Waals surface area contributed by atoms with Crippen LogP contribution in [-0.4, -0.2) is 37.6 Å². The van der Waals surface area contributed by atoms with E-state index < -0.39 is 0 Å². The van der Waals surface area contributed by atoms with E-state index in [1.165, 1.54) is 38.9 Å². The van der Waals surface area contributed by atoms with Gasteiger partial charge in [-0.25, -0.2) is 0 Å². The Balaban J connectivity index is 1.82. The minimum atomic E-state index is 0.808. The minimum Gasteiger partial charge on any atom is -0.311 e. The molecule has 1 atom stereocenters. The monoisotopic (exact) mass is 154 g/mol. The first kappa shape index (κ1) is 7.56. The molecule has 2 rings (SSSR count). The molecule has 1 N–H and O–H groups in total. The van der Waals surface area contributed by atoms with Crippen molar-refractivity contribution < 1.29 is 0 Å². The van der Waals surface area contributed by atoms with Gasteiger partial charge in [-0.1, -0.05) is 6.42 Å². The molecule has 2 aliphatic rings. The SMILES string of the molecule is CN1CCNC(C2CCC2)C1. The standard InChI is InChI=1S/C9H18N2/c1-11-6-5-10-9(7-11)8-3-2-4-8/h8-10H,2-7H2,1H3. The van der Waals surface area contributed by atoms with Crippen LogP contribution in [0.25, 0.3) is 0 Å². The van der Waals surface area contributed by atoms with Gasteiger partial charge in [0.1, 0.15) is 0 Å². The zero-order chi connectivity index (χ0) is 7.68. The van der Waals surface area contributed by atoms with Crippen molar-refractivity contribution in [2.45, 2.75) is 25.3 Å². The van der Waals surface area contributed by atoms with Crippen LogP contribution >= 0.6 is 0 Å². The van der Waals surface area contributed by atoms with E-state index in [0.29, 0.717) is 0 Å². The van der Waals surface area contributed by atoms with E-state index in [-0.39, 0.29) is 0 Å². The number of rotatable bonds is 1. The Morgan fingerprint density at radius 2 is 2.18 bits per heavy atom. The average Bonchev–Trinajstić information content (AvgIpc) is 1.83. The molecule has 0 amide bonds. The number of hydrogen-bond acceptors (Lipinski definition) is 2. The minimum absolute atomic E-state index is 0.808. The molecule has 1 unspecified atom stereocenters. The largest absolute Gasteiger partial charge is 0.311 e. The summed E-state index contributed by atoms with van der Waals surface area (Å²) in [6, 6.07) is 0.808. The molecule has 0 bridgehead atoms. The van der Waals surface area contributed by atoms with Crippen LogP contribution in [0.4, 0.5) is 0 Å². The fraction of sp³-hybridized carbons (Fsp3) is 1.00. The zero-order valence-corrected chi connectivity index (χ0v) is 7.34. The zero-order valence-electron chi connectivity index (χ0n) is 7.34. The molecule has 0 aromatic rings. The summed E-state index contributed by atoms with van der Waals surface area (Å²) in [5.74, 6) is 0.998. The van der Waals surface area contributed by atoms with Crippen LogP contribution in [-0.2, 0) is 0 Å². The molecule has 1 aliphatic carbocycles. The molecule has 2 heteroatoms. The lowest BCUT2D eigenvalue weighted by Crippen LogP contribution is -2.53. The van der Waals surface area contributed by atoms with Gasteiger partial charge >= 0.3 is 0 Å². The summed E-state index contributed by atoms with van der Waals surface area (Å²) >= 11 is 0.